The molecule has 0 saturated carbocycles. The minimum atomic E-state index is -6.09. The molecule has 0 unspecified atom stereocenters. The Bertz CT molecular complexity index is 950. The lowest BCUT2D eigenvalue weighted by atomic mass is 10.2. The van der Waals surface area contributed by atoms with Crippen molar-refractivity contribution in [1.29, 1.82) is 0 Å². The van der Waals surface area contributed by atoms with Crippen molar-refractivity contribution in [2.75, 3.05) is 0 Å². The summed E-state index contributed by atoms with van der Waals surface area (Å²) in [7, 11) is -6.13. The highest BCUT2D eigenvalue weighted by Crippen LogP contribution is 2.31. The van der Waals surface area contributed by atoms with Gasteiger partial charge in [0.25, 0.3) is 0 Å². The molecule has 160 valence electrons. The molecule has 0 aliphatic rings. The first kappa shape index (κ1) is 24.0. The lowest BCUT2D eigenvalue weighted by Crippen LogP contribution is -2.21. The molecule has 0 fully saturated rings. The molecule has 0 radical (unpaired) electrons. The molecule has 3 aromatic carbocycles. The first-order valence-corrected chi connectivity index (χ1v) is 11.5. The summed E-state index contributed by atoms with van der Waals surface area (Å²) >= 11 is 0. The maximum absolute atomic E-state index is 10.7. The summed E-state index contributed by atoms with van der Waals surface area (Å²) in [5, 5.41) is 0. The normalized spacial score (nSPS) is 11.7. The van der Waals surface area contributed by atoms with E-state index in [9.17, 15) is 13.2 Å². The van der Waals surface area contributed by atoms with Gasteiger partial charge in [-0.25, -0.2) is 8.42 Å². The fourth-order valence-corrected chi connectivity index (χ4v) is 4.47. The van der Waals surface area contributed by atoms with E-state index in [1.165, 1.54) is 31.4 Å². The highest BCUT2D eigenvalue weighted by molar-refractivity contribution is 7.97. The van der Waals surface area contributed by atoms with Gasteiger partial charge < -0.3 is 4.55 Å². The van der Waals surface area contributed by atoms with Crippen molar-refractivity contribution in [3.8, 4) is 0 Å². The predicted molar refractivity (Wildman–Crippen MR) is 111 cm³/mol. The van der Waals surface area contributed by atoms with E-state index in [0.717, 1.165) is 0 Å². The van der Waals surface area contributed by atoms with E-state index >= 15 is 0 Å². The maximum Gasteiger partial charge on any atom is 0.485 e. The second-order valence-corrected chi connectivity index (χ2v) is 10.0. The average molecular weight is 455 g/mol. The summed E-state index contributed by atoms with van der Waals surface area (Å²) in [4.78, 5) is 4.12. The highest BCUT2D eigenvalue weighted by Gasteiger charge is 2.37. The standard InChI is InChI=1S/C21H21S.CHF3O3S/c1-16-4-10-19(11-5-16)22(20-12-6-17(2)7-13-20)21-14-8-18(3)9-15-21;2-1(3,4)8(5,6)7/h4-15H,1-3H3;(H,5,6,7)/q+1;/p-1. The Morgan fingerprint density at radius 2 is 0.833 bits per heavy atom. The average Bonchev–Trinajstić information content (AvgIpc) is 2.65. The van der Waals surface area contributed by atoms with Crippen LogP contribution < -0.4 is 0 Å². The predicted octanol–water partition coefficient (Wildman–Crippen LogP) is 5.76. The number of benzene rings is 3. The minimum absolute atomic E-state index is 0.0394. The van der Waals surface area contributed by atoms with Gasteiger partial charge in [-0.3, -0.25) is 0 Å². The van der Waals surface area contributed by atoms with Crippen LogP contribution in [0, 0.1) is 20.8 Å². The van der Waals surface area contributed by atoms with Crippen molar-refractivity contribution in [1.82, 2.24) is 0 Å². The molecule has 0 aliphatic carbocycles. The zero-order valence-electron chi connectivity index (χ0n) is 16.6. The first-order chi connectivity index (χ1) is 13.9. The Kier molecular flexibility index (Phi) is 7.74. The van der Waals surface area contributed by atoms with E-state index in [1.54, 1.807) is 0 Å². The van der Waals surface area contributed by atoms with Gasteiger partial charge in [0.1, 0.15) is 0 Å². The third kappa shape index (κ3) is 6.62. The molecule has 3 rings (SSSR count). The third-order valence-corrected chi connectivity index (χ3v) is 6.85. The zero-order chi connectivity index (χ0) is 22.5. The smallest absolute Gasteiger partial charge is 0.485 e. The van der Waals surface area contributed by atoms with Crippen molar-refractivity contribution < 1.29 is 26.1 Å². The molecule has 3 aromatic rings. The second-order valence-electron chi connectivity index (χ2n) is 6.65. The van der Waals surface area contributed by atoms with Crippen molar-refractivity contribution in [3.05, 3.63) is 89.5 Å². The lowest BCUT2D eigenvalue weighted by Gasteiger charge is -2.09. The van der Waals surface area contributed by atoms with Gasteiger partial charge in [-0.2, -0.15) is 13.2 Å². The first-order valence-electron chi connectivity index (χ1n) is 8.85. The van der Waals surface area contributed by atoms with Crippen molar-refractivity contribution in [2.45, 2.75) is 41.0 Å². The summed E-state index contributed by atoms with van der Waals surface area (Å²) in [5.41, 5.74) is -1.73. The van der Waals surface area contributed by atoms with Gasteiger partial charge in [0, 0.05) is 0 Å². The topological polar surface area (TPSA) is 57.2 Å². The summed E-state index contributed by atoms with van der Waals surface area (Å²) in [6, 6.07) is 26.8. The molecule has 0 N–H and O–H groups in total. The molecular weight excluding hydrogens is 433 g/mol. The van der Waals surface area contributed by atoms with Crippen molar-refractivity contribution in [3.63, 3.8) is 0 Å². The quantitative estimate of drug-likeness (QED) is 0.287. The number of hydrogen-bond donors (Lipinski definition) is 0. The molecule has 0 bridgehead atoms. The van der Waals surface area contributed by atoms with Crippen molar-refractivity contribution in [2.24, 2.45) is 0 Å². The minimum Gasteiger partial charge on any atom is -0.741 e. The monoisotopic (exact) mass is 454 g/mol. The van der Waals surface area contributed by atoms with Gasteiger partial charge in [-0.15, -0.1) is 0 Å². The molecule has 3 nitrogen and oxygen atoms in total. The second kappa shape index (κ2) is 9.68. The van der Waals surface area contributed by atoms with Gasteiger partial charge in [0.2, 0.25) is 0 Å². The molecule has 0 heterocycles. The van der Waals surface area contributed by atoms with Crippen LogP contribution in [-0.4, -0.2) is 18.5 Å². The van der Waals surface area contributed by atoms with Crippen LogP contribution in [0.3, 0.4) is 0 Å². The van der Waals surface area contributed by atoms with Crippen LogP contribution in [0.2, 0.25) is 0 Å². The van der Waals surface area contributed by atoms with E-state index in [-0.39, 0.29) is 10.9 Å². The maximum atomic E-state index is 10.7. The Labute approximate surface area is 177 Å². The lowest BCUT2D eigenvalue weighted by molar-refractivity contribution is -0.0517. The number of hydrogen-bond acceptors (Lipinski definition) is 3. The van der Waals surface area contributed by atoms with E-state index in [1.807, 2.05) is 0 Å². The fraction of sp³-hybridized carbons (Fsp3) is 0.182. The van der Waals surface area contributed by atoms with Crippen LogP contribution in [0.25, 0.3) is 0 Å². The zero-order valence-corrected chi connectivity index (χ0v) is 18.2. The summed E-state index contributed by atoms with van der Waals surface area (Å²) in [6.07, 6.45) is 0. The van der Waals surface area contributed by atoms with Gasteiger partial charge in [-0.1, -0.05) is 53.1 Å². The SMILES string of the molecule is Cc1ccc([S+](c2ccc(C)cc2)c2ccc(C)cc2)cc1.O=S(=O)([O-])C(F)(F)F. The molecule has 8 heteroatoms. The number of halogens is 3. The Morgan fingerprint density at radius 1 is 0.633 bits per heavy atom. The van der Waals surface area contributed by atoms with Gasteiger partial charge in [0.15, 0.2) is 24.8 Å². The molecule has 0 aliphatic heterocycles. The third-order valence-electron chi connectivity index (χ3n) is 4.05. The van der Waals surface area contributed by atoms with Gasteiger partial charge in [-0.05, 0) is 57.2 Å². The van der Waals surface area contributed by atoms with Crippen LogP contribution in [0.5, 0.6) is 0 Å². The summed E-state index contributed by atoms with van der Waals surface area (Å²) in [6.45, 7) is 6.42. The van der Waals surface area contributed by atoms with Crippen LogP contribution >= 0.6 is 0 Å². The molecule has 0 spiro atoms. The highest BCUT2D eigenvalue weighted by atomic mass is 32.2. The fourth-order valence-electron chi connectivity index (χ4n) is 2.43. The molecular formula is C22H21F3O3S2. The van der Waals surface area contributed by atoms with Crippen LogP contribution in [-0.2, 0) is 21.0 Å². The Hall–Kier alpha value is -2.29. The largest absolute Gasteiger partial charge is 0.741 e. The number of aryl methyl sites for hydroxylation is 3. The summed E-state index contributed by atoms with van der Waals surface area (Å²) in [5.74, 6) is 0. The van der Waals surface area contributed by atoms with E-state index in [0.29, 0.717) is 0 Å². The van der Waals surface area contributed by atoms with E-state index in [2.05, 4.69) is 93.6 Å². The van der Waals surface area contributed by atoms with Crippen molar-refractivity contribution >= 4 is 21.0 Å². The summed E-state index contributed by atoms with van der Waals surface area (Å²) < 4.78 is 58.9. The van der Waals surface area contributed by atoms with Crippen LogP contribution in [0.15, 0.2) is 87.5 Å². The van der Waals surface area contributed by atoms with Crippen LogP contribution in [0.1, 0.15) is 16.7 Å². The van der Waals surface area contributed by atoms with Gasteiger partial charge >= 0.3 is 5.51 Å². The van der Waals surface area contributed by atoms with Gasteiger partial charge in [0.05, 0.1) is 10.9 Å². The number of rotatable bonds is 3. The molecule has 0 atom stereocenters. The Morgan fingerprint density at radius 3 is 1.00 bits per heavy atom. The molecule has 0 amide bonds. The molecule has 0 saturated heterocycles. The Balaban J connectivity index is 0.000000343. The number of alkyl halides is 3. The molecule has 0 aromatic heterocycles. The van der Waals surface area contributed by atoms with E-state index in [4.69, 9.17) is 13.0 Å². The molecule has 30 heavy (non-hydrogen) atoms. The van der Waals surface area contributed by atoms with E-state index < -0.39 is 15.6 Å². The van der Waals surface area contributed by atoms with Crippen LogP contribution in [0.4, 0.5) is 13.2 Å².